The zero-order valence-electron chi connectivity index (χ0n) is 13.3. The van der Waals surface area contributed by atoms with Crippen LogP contribution in [0.5, 0.6) is 0 Å². The molecule has 0 aliphatic heterocycles. The van der Waals surface area contributed by atoms with E-state index in [1.54, 1.807) is 6.20 Å². The zero-order chi connectivity index (χ0) is 17.1. The lowest BCUT2D eigenvalue weighted by Crippen LogP contribution is -2.22. The number of nitrogens with zero attached hydrogens (tertiary/aromatic N) is 4. The SMILES string of the molecule is CC1(C)Cc2cc3c(=O)n(-c4ncnc(Cl)c4C=O)ccn3c2C1. The Morgan fingerprint density at radius 1 is 1.25 bits per heavy atom. The van der Waals surface area contributed by atoms with Crippen molar-refractivity contribution in [1.82, 2.24) is 18.9 Å². The van der Waals surface area contributed by atoms with Crippen LogP contribution in [0.3, 0.4) is 0 Å². The van der Waals surface area contributed by atoms with Crippen molar-refractivity contribution in [3.05, 3.63) is 57.1 Å². The van der Waals surface area contributed by atoms with Gasteiger partial charge >= 0.3 is 0 Å². The Hall–Kier alpha value is -2.47. The smallest absolute Gasteiger partial charge is 0.280 e. The van der Waals surface area contributed by atoms with Crippen LogP contribution < -0.4 is 5.56 Å². The quantitative estimate of drug-likeness (QED) is 0.530. The minimum absolute atomic E-state index is 0.0291. The molecule has 0 atom stereocenters. The van der Waals surface area contributed by atoms with Crippen LogP contribution in [-0.2, 0) is 12.8 Å². The summed E-state index contributed by atoms with van der Waals surface area (Å²) in [5.41, 5.74) is 3.03. The summed E-state index contributed by atoms with van der Waals surface area (Å²) in [7, 11) is 0. The third-order valence-electron chi connectivity index (χ3n) is 4.51. The maximum Gasteiger partial charge on any atom is 0.280 e. The molecule has 6 nitrogen and oxygen atoms in total. The van der Waals surface area contributed by atoms with Gasteiger partial charge in [0.1, 0.15) is 17.0 Å². The van der Waals surface area contributed by atoms with Crippen LogP contribution in [0.1, 0.15) is 35.5 Å². The molecule has 24 heavy (non-hydrogen) atoms. The predicted octanol–water partition coefficient (Wildman–Crippen LogP) is 2.47. The first-order valence-corrected chi connectivity index (χ1v) is 7.99. The van der Waals surface area contributed by atoms with Crippen molar-refractivity contribution >= 4 is 23.4 Å². The van der Waals surface area contributed by atoms with Crippen molar-refractivity contribution in [2.45, 2.75) is 26.7 Å². The second-order valence-corrected chi connectivity index (χ2v) is 7.24. The monoisotopic (exact) mass is 342 g/mol. The van der Waals surface area contributed by atoms with Crippen molar-refractivity contribution in [3.8, 4) is 5.82 Å². The van der Waals surface area contributed by atoms with Gasteiger partial charge in [-0.25, -0.2) is 9.97 Å². The Morgan fingerprint density at radius 3 is 2.79 bits per heavy atom. The minimum Gasteiger partial charge on any atom is -0.314 e. The van der Waals surface area contributed by atoms with E-state index in [1.807, 2.05) is 16.7 Å². The maximum absolute atomic E-state index is 12.9. The van der Waals surface area contributed by atoms with Crippen LogP contribution in [0, 0.1) is 5.41 Å². The normalized spacial score (nSPS) is 15.6. The van der Waals surface area contributed by atoms with Gasteiger partial charge in [0.25, 0.3) is 5.56 Å². The van der Waals surface area contributed by atoms with Crippen molar-refractivity contribution in [2.24, 2.45) is 5.41 Å². The highest BCUT2D eigenvalue weighted by Gasteiger charge is 2.31. The summed E-state index contributed by atoms with van der Waals surface area (Å²) >= 11 is 5.94. The molecule has 3 aromatic heterocycles. The number of aromatic nitrogens is 4. The van der Waals surface area contributed by atoms with Crippen LogP contribution in [-0.4, -0.2) is 25.2 Å². The van der Waals surface area contributed by atoms with Gasteiger partial charge in [-0.3, -0.25) is 14.2 Å². The van der Waals surface area contributed by atoms with Crippen LogP contribution in [0.4, 0.5) is 0 Å². The number of rotatable bonds is 2. The molecule has 0 spiro atoms. The third kappa shape index (κ3) is 2.10. The Morgan fingerprint density at radius 2 is 2.04 bits per heavy atom. The molecule has 1 aliphatic carbocycles. The van der Waals surface area contributed by atoms with Gasteiger partial charge in [-0.05, 0) is 29.9 Å². The molecule has 122 valence electrons. The summed E-state index contributed by atoms with van der Waals surface area (Å²) in [6.07, 6.45) is 7.13. The highest BCUT2D eigenvalue weighted by Crippen LogP contribution is 2.37. The second kappa shape index (κ2) is 5.01. The molecule has 3 heterocycles. The van der Waals surface area contributed by atoms with Crippen LogP contribution in [0.2, 0.25) is 5.15 Å². The summed E-state index contributed by atoms with van der Waals surface area (Å²) in [6, 6.07) is 1.94. The molecule has 0 saturated carbocycles. The molecule has 3 aromatic rings. The number of hydrogen-bond donors (Lipinski definition) is 0. The Bertz CT molecular complexity index is 1050. The van der Waals surface area contributed by atoms with Crippen molar-refractivity contribution < 1.29 is 4.79 Å². The molecule has 7 heteroatoms. The van der Waals surface area contributed by atoms with E-state index in [9.17, 15) is 9.59 Å². The van der Waals surface area contributed by atoms with Crippen LogP contribution in [0.25, 0.3) is 11.3 Å². The van der Waals surface area contributed by atoms with Crippen LogP contribution >= 0.6 is 11.6 Å². The van der Waals surface area contributed by atoms with Gasteiger partial charge in [0, 0.05) is 18.1 Å². The van der Waals surface area contributed by atoms with Crippen molar-refractivity contribution in [2.75, 3.05) is 0 Å². The van der Waals surface area contributed by atoms with E-state index in [0.29, 0.717) is 11.8 Å². The molecule has 1 aliphatic rings. The molecule has 4 rings (SSSR count). The first-order valence-electron chi connectivity index (χ1n) is 7.62. The van der Waals surface area contributed by atoms with E-state index >= 15 is 0 Å². The number of carbonyl (C=O) groups is 1. The fourth-order valence-electron chi connectivity index (χ4n) is 3.49. The Labute approximate surface area is 142 Å². The number of carbonyl (C=O) groups excluding carboxylic acids is 1. The lowest BCUT2D eigenvalue weighted by molar-refractivity contribution is 0.112. The van der Waals surface area contributed by atoms with Gasteiger partial charge in [-0.1, -0.05) is 25.4 Å². The lowest BCUT2D eigenvalue weighted by Gasteiger charge is -2.16. The van der Waals surface area contributed by atoms with Gasteiger partial charge in [0.15, 0.2) is 12.1 Å². The van der Waals surface area contributed by atoms with Gasteiger partial charge in [-0.2, -0.15) is 0 Å². The van der Waals surface area contributed by atoms with Gasteiger partial charge in [-0.15, -0.1) is 0 Å². The molecule has 0 saturated heterocycles. The summed E-state index contributed by atoms with van der Waals surface area (Å²) in [6.45, 7) is 4.44. The van der Waals surface area contributed by atoms with Gasteiger partial charge in [0.05, 0.1) is 5.56 Å². The highest BCUT2D eigenvalue weighted by molar-refractivity contribution is 6.32. The largest absolute Gasteiger partial charge is 0.314 e. The number of fused-ring (bicyclic) bond motifs is 3. The van der Waals surface area contributed by atoms with Crippen molar-refractivity contribution in [1.29, 1.82) is 0 Å². The van der Waals surface area contributed by atoms with E-state index in [2.05, 4.69) is 23.8 Å². The molecule has 0 fully saturated rings. The Kier molecular flexibility index (Phi) is 3.15. The molecule has 0 bridgehead atoms. The summed E-state index contributed by atoms with van der Waals surface area (Å²) in [4.78, 5) is 32.0. The van der Waals surface area contributed by atoms with E-state index in [0.717, 1.165) is 12.8 Å². The lowest BCUT2D eigenvalue weighted by atomic mass is 9.90. The van der Waals surface area contributed by atoms with E-state index in [-0.39, 0.29) is 27.5 Å². The summed E-state index contributed by atoms with van der Waals surface area (Å²) in [5.74, 6) is 0.194. The first kappa shape index (κ1) is 15.1. The van der Waals surface area contributed by atoms with Crippen molar-refractivity contribution in [3.63, 3.8) is 0 Å². The minimum atomic E-state index is -0.234. The second-order valence-electron chi connectivity index (χ2n) is 6.88. The third-order valence-corrected chi connectivity index (χ3v) is 4.81. The van der Waals surface area contributed by atoms with Crippen LogP contribution in [0.15, 0.2) is 29.6 Å². The molecular weight excluding hydrogens is 328 g/mol. The Balaban J connectivity index is 1.95. The molecule has 0 aromatic carbocycles. The molecule has 0 amide bonds. The highest BCUT2D eigenvalue weighted by atomic mass is 35.5. The van der Waals surface area contributed by atoms with Gasteiger partial charge < -0.3 is 4.40 Å². The first-order chi connectivity index (χ1) is 11.4. The fraction of sp³-hybridized carbons (Fsp3) is 0.294. The standard InChI is InChI=1S/C17H15ClN4O2/c1-17(2)6-10-5-12-16(24)22(4-3-21(12)13(10)7-17)15-11(8-23)14(18)19-9-20-15/h3-5,8-9H,6-7H2,1-2H3. The molecule has 0 unspecified atom stereocenters. The van der Waals surface area contributed by atoms with E-state index < -0.39 is 0 Å². The predicted molar refractivity (Wildman–Crippen MR) is 90.2 cm³/mol. The summed E-state index contributed by atoms with van der Waals surface area (Å²) < 4.78 is 3.28. The topological polar surface area (TPSA) is 69.3 Å². The van der Waals surface area contributed by atoms with Gasteiger partial charge in [0.2, 0.25) is 0 Å². The number of hydrogen-bond acceptors (Lipinski definition) is 4. The summed E-state index contributed by atoms with van der Waals surface area (Å²) in [5, 5.41) is 0.0291. The molecule has 0 N–H and O–H groups in total. The van der Waals surface area contributed by atoms with E-state index in [1.165, 1.54) is 22.2 Å². The fourth-order valence-corrected chi connectivity index (χ4v) is 3.66. The zero-order valence-corrected chi connectivity index (χ0v) is 14.0. The molecule has 0 radical (unpaired) electrons. The number of aldehydes is 1. The maximum atomic E-state index is 12.9. The number of halogens is 1. The molecular formula is C17H15ClN4O2. The van der Waals surface area contributed by atoms with E-state index in [4.69, 9.17) is 11.6 Å². The average molecular weight is 343 g/mol. The average Bonchev–Trinajstić information content (AvgIpc) is 3.00.